The zero-order valence-corrected chi connectivity index (χ0v) is 10.5. The van der Waals surface area contributed by atoms with Gasteiger partial charge in [0.1, 0.15) is 23.7 Å². The molecule has 6 nitrogen and oxygen atoms in total. The minimum absolute atomic E-state index is 0.167. The number of hydrogen-bond donors (Lipinski definition) is 2. The number of rotatable bonds is 6. The van der Waals surface area contributed by atoms with Crippen LogP contribution in [0, 0.1) is 0 Å². The summed E-state index contributed by atoms with van der Waals surface area (Å²) in [6, 6.07) is 8.43. The van der Waals surface area contributed by atoms with E-state index in [9.17, 15) is 4.79 Å². The summed E-state index contributed by atoms with van der Waals surface area (Å²) in [5.41, 5.74) is 0.167. The van der Waals surface area contributed by atoms with Crippen LogP contribution in [-0.4, -0.2) is 34.0 Å². The molecular weight excluding hydrogens is 246 g/mol. The van der Waals surface area contributed by atoms with Gasteiger partial charge in [-0.3, -0.25) is 4.68 Å². The van der Waals surface area contributed by atoms with E-state index < -0.39 is 5.97 Å². The fourth-order valence-electron chi connectivity index (χ4n) is 1.62. The second-order valence-corrected chi connectivity index (χ2v) is 3.95. The average molecular weight is 261 g/mol. The van der Waals surface area contributed by atoms with Crippen LogP contribution in [0.2, 0.25) is 0 Å². The van der Waals surface area contributed by atoms with Crippen molar-refractivity contribution in [2.75, 3.05) is 18.5 Å². The van der Waals surface area contributed by atoms with Gasteiger partial charge in [0.25, 0.3) is 0 Å². The highest BCUT2D eigenvalue weighted by molar-refractivity contribution is 5.90. The molecule has 2 rings (SSSR count). The SMILES string of the molecule is Cn1ccc(NCCOc2ccccc2C(=O)O)n1. The molecule has 0 bridgehead atoms. The summed E-state index contributed by atoms with van der Waals surface area (Å²) in [6.45, 7) is 0.909. The lowest BCUT2D eigenvalue weighted by molar-refractivity contribution is 0.0692. The van der Waals surface area contributed by atoms with Crippen molar-refractivity contribution < 1.29 is 14.6 Å². The number of carboxylic acid groups (broad SMARTS) is 1. The average Bonchev–Trinajstić information content (AvgIpc) is 2.81. The summed E-state index contributed by atoms with van der Waals surface area (Å²) in [6.07, 6.45) is 1.84. The Morgan fingerprint density at radius 3 is 2.89 bits per heavy atom. The molecule has 1 aromatic carbocycles. The van der Waals surface area contributed by atoms with Crippen molar-refractivity contribution in [1.29, 1.82) is 0 Å². The minimum Gasteiger partial charge on any atom is -0.491 e. The summed E-state index contributed by atoms with van der Waals surface area (Å²) < 4.78 is 7.15. The van der Waals surface area contributed by atoms with Gasteiger partial charge in [-0.1, -0.05) is 12.1 Å². The molecular formula is C13H15N3O3. The van der Waals surface area contributed by atoms with Gasteiger partial charge in [0, 0.05) is 19.3 Å². The van der Waals surface area contributed by atoms with Crippen molar-refractivity contribution >= 4 is 11.8 Å². The third kappa shape index (κ3) is 3.48. The standard InChI is InChI=1S/C13H15N3O3/c1-16-8-6-12(15-16)14-7-9-19-11-5-3-2-4-10(11)13(17)18/h2-6,8H,7,9H2,1H3,(H,14,15)(H,17,18). The van der Waals surface area contributed by atoms with Crippen LogP contribution in [0.25, 0.3) is 0 Å². The third-order valence-corrected chi connectivity index (χ3v) is 2.50. The van der Waals surface area contributed by atoms with Crippen LogP contribution >= 0.6 is 0 Å². The van der Waals surface area contributed by atoms with Gasteiger partial charge in [-0.05, 0) is 12.1 Å². The van der Waals surface area contributed by atoms with Crippen molar-refractivity contribution in [3.05, 3.63) is 42.1 Å². The van der Waals surface area contributed by atoms with Crippen LogP contribution < -0.4 is 10.1 Å². The Labute approximate surface area is 110 Å². The molecule has 0 saturated carbocycles. The highest BCUT2D eigenvalue weighted by Gasteiger charge is 2.09. The first kappa shape index (κ1) is 12.9. The maximum absolute atomic E-state index is 11.0. The van der Waals surface area contributed by atoms with Crippen molar-refractivity contribution in [2.45, 2.75) is 0 Å². The van der Waals surface area contributed by atoms with E-state index in [1.54, 1.807) is 22.9 Å². The molecule has 2 aromatic rings. The first-order valence-corrected chi connectivity index (χ1v) is 5.85. The van der Waals surface area contributed by atoms with Crippen LogP contribution in [0.15, 0.2) is 36.5 Å². The molecule has 1 aromatic heterocycles. The number of ether oxygens (including phenoxy) is 1. The number of aromatic nitrogens is 2. The molecule has 0 spiro atoms. The molecule has 1 heterocycles. The molecule has 0 unspecified atom stereocenters. The van der Waals surface area contributed by atoms with Gasteiger partial charge >= 0.3 is 5.97 Å². The van der Waals surface area contributed by atoms with Crippen molar-refractivity contribution in [3.8, 4) is 5.75 Å². The number of aryl methyl sites for hydroxylation is 1. The fourth-order valence-corrected chi connectivity index (χ4v) is 1.62. The zero-order chi connectivity index (χ0) is 13.7. The smallest absolute Gasteiger partial charge is 0.339 e. The van der Waals surface area contributed by atoms with Gasteiger partial charge in [0.15, 0.2) is 0 Å². The number of benzene rings is 1. The van der Waals surface area contributed by atoms with E-state index >= 15 is 0 Å². The number of carboxylic acids is 1. The lowest BCUT2D eigenvalue weighted by Crippen LogP contribution is -2.13. The highest BCUT2D eigenvalue weighted by Crippen LogP contribution is 2.17. The van der Waals surface area contributed by atoms with E-state index in [0.717, 1.165) is 5.82 Å². The van der Waals surface area contributed by atoms with E-state index in [4.69, 9.17) is 9.84 Å². The predicted octanol–water partition coefficient (Wildman–Crippen LogP) is 1.61. The molecule has 0 atom stereocenters. The van der Waals surface area contributed by atoms with Gasteiger partial charge in [-0.2, -0.15) is 5.10 Å². The molecule has 0 aliphatic carbocycles. The maximum Gasteiger partial charge on any atom is 0.339 e. The molecule has 0 fully saturated rings. The van der Waals surface area contributed by atoms with Gasteiger partial charge in [-0.25, -0.2) is 4.79 Å². The number of para-hydroxylation sites is 1. The molecule has 19 heavy (non-hydrogen) atoms. The van der Waals surface area contributed by atoms with E-state index in [0.29, 0.717) is 18.9 Å². The molecule has 0 aliphatic rings. The molecule has 0 aliphatic heterocycles. The summed E-state index contributed by atoms with van der Waals surface area (Å²) in [5, 5.41) is 16.2. The first-order chi connectivity index (χ1) is 9.16. The Hall–Kier alpha value is -2.50. The van der Waals surface area contributed by atoms with Crippen molar-refractivity contribution in [3.63, 3.8) is 0 Å². The van der Waals surface area contributed by atoms with Crippen LogP contribution in [0.1, 0.15) is 10.4 Å². The number of nitrogens with one attached hydrogen (secondary N) is 1. The third-order valence-electron chi connectivity index (χ3n) is 2.50. The van der Waals surface area contributed by atoms with Crippen molar-refractivity contribution in [1.82, 2.24) is 9.78 Å². The lowest BCUT2D eigenvalue weighted by Gasteiger charge is -2.09. The van der Waals surface area contributed by atoms with Crippen molar-refractivity contribution in [2.24, 2.45) is 7.05 Å². The number of anilines is 1. The van der Waals surface area contributed by atoms with E-state index in [-0.39, 0.29) is 5.56 Å². The Kier molecular flexibility index (Phi) is 4.02. The maximum atomic E-state index is 11.0. The number of carbonyl (C=O) groups is 1. The summed E-state index contributed by atoms with van der Waals surface area (Å²) >= 11 is 0. The summed E-state index contributed by atoms with van der Waals surface area (Å²) in [7, 11) is 1.84. The molecule has 100 valence electrons. The fraction of sp³-hybridized carbons (Fsp3) is 0.231. The second-order valence-electron chi connectivity index (χ2n) is 3.95. The number of aromatic carboxylic acids is 1. The molecule has 6 heteroatoms. The van der Waals surface area contributed by atoms with Gasteiger partial charge < -0.3 is 15.2 Å². The van der Waals surface area contributed by atoms with E-state index in [1.807, 2.05) is 19.3 Å². The Morgan fingerprint density at radius 2 is 2.21 bits per heavy atom. The Morgan fingerprint density at radius 1 is 1.42 bits per heavy atom. The van der Waals surface area contributed by atoms with E-state index in [1.165, 1.54) is 6.07 Å². The Balaban J connectivity index is 1.84. The number of hydrogen-bond acceptors (Lipinski definition) is 4. The topological polar surface area (TPSA) is 76.4 Å². The highest BCUT2D eigenvalue weighted by atomic mass is 16.5. The molecule has 0 saturated heterocycles. The molecule has 0 amide bonds. The predicted molar refractivity (Wildman–Crippen MR) is 70.6 cm³/mol. The first-order valence-electron chi connectivity index (χ1n) is 5.85. The summed E-state index contributed by atoms with van der Waals surface area (Å²) in [4.78, 5) is 11.0. The second kappa shape index (κ2) is 5.90. The van der Waals surface area contributed by atoms with Crippen LogP contribution in [0.3, 0.4) is 0 Å². The van der Waals surface area contributed by atoms with E-state index in [2.05, 4.69) is 10.4 Å². The normalized spacial score (nSPS) is 10.2. The largest absolute Gasteiger partial charge is 0.491 e. The zero-order valence-electron chi connectivity index (χ0n) is 10.5. The lowest BCUT2D eigenvalue weighted by atomic mass is 10.2. The summed E-state index contributed by atoms with van der Waals surface area (Å²) in [5.74, 6) is 0.142. The monoisotopic (exact) mass is 261 g/mol. The molecule has 0 radical (unpaired) electrons. The van der Waals surface area contributed by atoms with Gasteiger partial charge in [0.2, 0.25) is 0 Å². The minimum atomic E-state index is -0.992. The molecule has 2 N–H and O–H groups in total. The van der Waals surface area contributed by atoms with Gasteiger partial charge in [0.05, 0.1) is 6.54 Å². The van der Waals surface area contributed by atoms with Crippen LogP contribution in [-0.2, 0) is 7.05 Å². The quantitative estimate of drug-likeness (QED) is 0.772. The number of nitrogens with zero attached hydrogens (tertiary/aromatic N) is 2. The van der Waals surface area contributed by atoms with Gasteiger partial charge in [-0.15, -0.1) is 0 Å². The van der Waals surface area contributed by atoms with Crippen LogP contribution in [0.4, 0.5) is 5.82 Å². The Bertz CT molecular complexity index is 566. The van der Waals surface area contributed by atoms with Crippen LogP contribution in [0.5, 0.6) is 5.75 Å².